The third-order valence-electron chi connectivity index (χ3n) is 1.89. The van der Waals surface area contributed by atoms with Crippen LogP contribution in [-0.4, -0.2) is 17.8 Å². The van der Waals surface area contributed by atoms with Gasteiger partial charge in [-0.25, -0.2) is 0 Å². The first-order valence-corrected chi connectivity index (χ1v) is 5.16. The van der Waals surface area contributed by atoms with E-state index in [1.165, 1.54) is 26.0 Å². The number of carbonyl (C=O) groups is 3. The highest BCUT2D eigenvalue weighted by molar-refractivity contribution is 5.78. The largest absolute Gasteiger partial charge is 0.423 e. The van der Waals surface area contributed by atoms with Crippen LogP contribution in [0.25, 0.3) is 0 Å². The highest BCUT2D eigenvalue weighted by atomic mass is 16.6. The summed E-state index contributed by atoms with van der Waals surface area (Å²) in [6.07, 6.45) is 0.00855. The van der Waals surface area contributed by atoms with Crippen LogP contribution in [0.1, 0.15) is 19.4 Å². The van der Waals surface area contributed by atoms with Crippen molar-refractivity contribution in [1.29, 1.82) is 0 Å². The molecule has 0 aliphatic rings. The van der Waals surface area contributed by atoms with Crippen LogP contribution in [0.5, 0.6) is 11.5 Å². The second-order valence-electron chi connectivity index (χ2n) is 3.61. The first-order valence-electron chi connectivity index (χ1n) is 5.16. The fourth-order valence-corrected chi connectivity index (χ4v) is 1.34. The standard InChI is InChI=1S/C12H13NO5/c1-7(14)17-10-4-3-9(6-12(13)16)5-11(10)18-8(2)15/h3-5H,6H2,1-2H3,(H2,13,16). The Labute approximate surface area is 104 Å². The molecule has 0 aliphatic carbocycles. The van der Waals surface area contributed by atoms with E-state index in [1.807, 2.05) is 0 Å². The average molecular weight is 251 g/mol. The zero-order valence-corrected chi connectivity index (χ0v) is 10.1. The number of primary amides is 1. The summed E-state index contributed by atoms with van der Waals surface area (Å²) in [6.45, 7) is 2.45. The molecule has 0 saturated heterocycles. The molecule has 0 aromatic heterocycles. The monoisotopic (exact) mass is 251 g/mol. The number of rotatable bonds is 4. The van der Waals surface area contributed by atoms with Gasteiger partial charge in [0.15, 0.2) is 11.5 Å². The van der Waals surface area contributed by atoms with Gasteiger partial charge < -0.3 is 15.2 Å². The topological polar surface area (TPSA) is 95.7 Å². The number of nitrogens with two attached hydrogens (primary N) is 1. The van der Waals surface area contributed by atoms with Gasteiger partial charge in [0.2, 0.25) is 5.91 Å². The van der Waals surface area contributed by atoms with Gasteiger partial charge in [-0.15, -0.1) is 0 Å². The third-order valence-corrected chi connectivity index (χ3v) is 1.89. The molecule has 6 nitrogen and oxygen atoms in total. The lowest BCUT2D eigenvalue weighted by Crippen LogP contribution is -2.14. The van der Waals surface area contributed by atoms with Gasteiger partial charge in [-0.05, 0) is 17.7 Å². The second kappa shape index (κ2) is 5.81. The van der Waals surface area contributed by atoms with Gasteiger partial charge >= 0.3 is 11.9 Å². The Bertz CT molecular complexity index is 495. The number of hydrogen-bond acceptors (Lipinski definition) is 5. The molecule has 0 unspecified atom stereocenters. The van der Waals surface area contributed by atoms with Crippen LogP contribution in [0.2, 0.25) is 0 Å². The highest BCUT2D eigenvalue weighted by Crippen LogP contribution is 2.29. The molecule has 1 aromatic carbocycles. The van der Waals surface area contributed by atoms with Crippen molar-refractivity contribution in [3.63, 3.8) is 0 Å². The Balaban J connectivity index is 3.06. The zero-order chi connectivity index (χ0) is 13.7. The van der Waals surface area contributed by atoms with Crippen molar-refractivity contribution in [3.8, 4) is 11.5 Å². The number of carbonyl (C=O) groups excluding carboxylic acids is 3. The lowest BCUT2D eigenvalue weighted by atomic mass is 10.1. The molecule has 2 N–H and O–H groups in total. The number of amides is 1. The quantitative estimate of drug-likeness (QED) is 0.623. The van der Waals surface area contributed by atoms with E-state index in [2.05, 4.69) is 0 Å². The molecule has 0 spiro atoms. The van der Waals surface area contributed by atoms with Crippen LogP contribution < -0.4 is 15.2 Å². The summed E-state index contributed by atoms with van der Waals surface area (Å²) >= 11 is 0. The molecule has 0 radical (unpaired) electrons. The molecule has 1 aromatic rings. The maximum Gasteiger partial charge on any atom is 0.308 e. The van der Waals surface area contributed by atoms with Gasteiger partial charge in [0.05, 0.1) is 6.42 Å². The van der Waals surface area contributed by atoms with Gasteiger partial charge in [0.25, 0.3) is 0 Å². The van der Waals surface area contributed by atoms with Crippen molar-refractivity contribution in [2.24, 2.45) is 5.73 Å². The normalized spacial score (nSPS) is 9.67. The Morgan fingerprint density at radius 2 is 1.61 bits per heavy atom. The van der Waals surface area contributed by atoms with E-state index < -0.39 is 17.8 Å². The van der Waals surface area contributed by atoms with E-state index in [0.717, 1.165) is 0 Å². The number of hydrogen-bond donors (Lipinski definition) is 1. The molecule has 6 heteroatoms. The molecule has 1 amide bonds. The molecular weight excluding hydrogens is 238 g/mol. The van der Waals surface area contributed by atoms with Crippen LogP contribution in [0, 0.1) is 0 Å². The van der Waals surface area contributed by atoms with Gasteiger partial charge in [-0.1, -0.05) is 6.07 Å². The van der Waals surface area contributed by atoms with Gasteiger partial charge in [-0.3, -0.25) is 14.4 Å². The molecule has 0 atom stereocenters. The van der Waals surface area contributed by atoms with Gasteiger partial charge in [0.1, 0.15) is 0 Å². The Morgan fingerprint density at radius 3 is 2.11 bits per heavy atom. The smallest absolute Gasteiger partial charge is 0.308 e. The predicted molar refractivity (Wildman–Crippen MR) is 62.0 cm³/mol. The van der Waals surface area contributed by atoms with Crippen molar-refractivity contribution in [3.05, 3.63) is 23.8 Å². The lowest BCUT2D eigenvalue weighted by molar-refractivity contribution is -0.134. The minimum Gasteiger partial charge on any atom is -0.423 e. The van der Waals surface area contributed by atoms with Crippen LogP contribution >= 0.6 is 0 Å². The Kier molecular flexibility index (Phi) is 4.42. The molecule has 0 aliphatic heterocycles. The summed E-state index contributed by atoms with van der Waals surface area (Å²) in [4.78, 5) is 32.6. The molecule has 1 rings (SSSR count). The van der Waals surface area contributed by atoms with Gasteiger partial charge in [0, 0.05) is 13.8 Å². The minimum absolute atomic E-state index is 0.00855. The summed E-state index contributed by atoms with van der Waals surface area (Å²) in [5, 5.41) is 0. The SMILES string of the molecule is CC(=O)Oc1ccc(CC(N)=O)cc1OC(C)=O. The fraction of sp³-hybridized carbons (Fsp3) is 0.250. The second-order valence-corrected chi connectivity index (χ2v) is 3.61. The maximum atomic E-state index is 10.9. The molecule has 0 heterocycles. The van der Waals surface area contributed by atoms with Gasteiger partial charge in [-0.2, -0.15) is 0 Å². The van der Waals surface area contributed by atoms with Crippen LogP contribution in [0.15, 0.2) is 18.2 Å². The highest BCUT2D eigenvalue weighted by Gasteiger charge is 2.11. The molecule has 18 heavy (non-hydrogen) atoms. The Hall–Kier alpha value is -2.37. The minimum atomic E-state index is -0.556. The van der Waals surface area contributed by atoms with Crippen LogP contribution in [0.4, 0.5) is 0 Å². The predicted octanol–water partition coefficient (Wildman–Crippen LogP) is 0.565. The van der Waals surface area contributed by atoms with E-state index in [-0.39, 0.29) is 17.9 Å². The number of ether oxygens (including phenoxy) is 2. The van der Waals surface area contributed by atoms with Crippen LogP contribution in [0.3, 0.4) is 0 Å². The summed E-state index contributed by atoms with van der Waals surface area (Å²) in [5.74, 6) is -1.41. The summed E-state index contributed by atoms with van der Waals surface area (Å²) in [5.41, 5.74) is 5.63. The molecule has 0 fully saturated rings. The van der Waals surface area contributed by atoms with Crippen molar-refractivity contribution in [2.45, 2.75) is 20.3 Å². The average Bonchev–Trinajstić information content (AvgIpc) is 2.19. The molecule has 0 saturated carbocycles. The number of benzene rings is 1. The number of esters is 2. The molecule has 0 bridgehead atoms. The van der Waals surface area contributed by atoms with Crippen molar-refractivity contribution < 1.29 is 23.9 Å². The van der Waals surface area contributed by atoms with E-state index in [4.69, 9.17) is 15.2 Å². The summed E-state index contributed by atoms with van der Waals surface area (Å²) in [6, 6.07) is 4.44. The zero-order valence-electron chi connectivity index (χ0n) is 10.1. The fourth-order valence-electron chi connectivity index (χ4n) is 1.34. The van der Waals surface area contributed by atoms with E-state index >= 15 is 0 Å². The van der Waals surface area contributed by atoms with Crippen LogP contribution in [-0.2, 0) is 20.8 Å². The summed E-state index contributed by atoms with van der Waals surface area (Å²) < 4.78 is 9.77. The summed E-state index contributed by atoms with van der Waals surface area (Å²) in [7, 11) is 0. The Morgan fingerprint density at radius 1 is 1.06 bits per heavy atom. The molecule has 96 valence electrons. The third kappa shape index (κ3) is 4.25. The van der Waals surface area contributed by atoms with E-state index in [9.17, 15) is 14.4 Å². The van der Waals surface area contributed by atoms with Crippen molar-refractivity contribution >= 4 is 17.8 Å². The first-order chi connectivity index (χ1) is 8.38. The van der Waals surface area contributed by atoms with E-state index in [1.54, 1.807) is 6.07 Å². The lowest BCUT2D eigenvalue weighted by Gasteiger charge is -2.09. The first kappa shape index (κ1) is 13.7. The maximum absolute atomic E-state index is 10.9. The molecular formula is C12H13NO5. The van der Waals surface area contributed by atoms with E-state index in [0.29, 0.717) is 5.56 Å². The van der Waals surface area contributed by atoms with Crippen molar-refractivity contribution in [2.75, 3.05) is 0 Å². The van der Waals surface area contributed by atoms with Crippen molar-refractivity contribution in [1.82, 2.24) is 0 Å².